The minimum absolute atomic E-state index is 0.0213. The van der Waals surface area contributed by atoms with Gasteiger partial charge in [-0.3, -0.25) is 9.59 Å². The van der Waals surface area contributed by atoms with Gasteiger partial charge >= 0.3 is 6.18 Å². The molecule has 1 fully saturated rings. The van der Waals surface area contributed by atoms with Gasteiger partial charge in [-0.2, -0.15) is 13.2 Å². The number of benzene rings is 1. The third-order valence-electron chi connectivity index (χ3n) is 3.44. The lowest BCUT2D eigenvalue weighted by Crippen LogP contribution is -2.35. The standard InChI is InChI=1S/C14H13F3N2O2S/c15-14(16,17)7-1-4-10-9(5-7)19-13(21)11(22-10)6-12(20)18-8-2-3-8/h1,4-5,8,11H,2-3,6H2,(H,18,20)(H,19,21). The van der Waals surface area contributed by atoms with Gasteiger partial charge in [0, 0.05) is 17.4 Å². The molecule has 8 heteroatoms. The molecule has 1 unspecified atom stereocenters. The molecular formula is C14H13F3N2O2S. The summed E-state index contributed by atoms with van der Waals surface area (Å²) in [5.41, 5.74) is -0.666. The van der Waals surface area contributed by atoms with E-state index in [0.29, 0.717) is 4.90 Å². The van der Waals surface area contributed by atoms with Crippen molar-refractivity contribution in [1.29, 1.82) is 0 Å². The van der Waals surface area contributed by atoms with Crippen molar-refractivity contribution in [3.63, 3.8) is 0 Å². The van der Waals surface area contributed by atoms with Crippen LogP contribution >= 0.6 is 11.8 Å². The quantitative estimate of drug-likeness (QED) is 0.896. The lowest BCUT2D eigenvalue weighted by molar-refractivity contribution is -0.137. The topological polar surface area (TPSA) is 58.2 Å². The zero-order valence-corrected chi connectivity index (χ0v) is 12.2. The Morgan fingerprint density at radius 3 is 2.73 bits per heavy atom. The van der Waals surface area contributed by atoms with Gasteiger partial charge in [0.05, 0.1) is 16.5 Å². The van der Waals surface area contributed by atoms with Gasteiger partial charge in [-0.25, -0.2) is 0 Å². The Morgan fingerprint density at radius 1 is 1.36 bits per heavy atom. The molecule has 4 nitrogen and oxygen atoms in total. The maximum atomic E-state index is 12.7. The van der Waals surface area contributed by atoms with Gasteiger partial charge in [0.2, 0.25) is 11.8 Å². The number of rotatable bonds is 3. The van der Waals surface area contributed by atoms with Crippen molar-refractivity contribution in [1.82, 2.24) is 5.32 Å². The summed E-state index contributed by atoms with van der Waals surface area (Å²) in [4.78, 5) is 24.3. The largest absolute Gasteiger partial charge is 0.416 e. The summed E-state index contributed by atoms with van der Waals surface area (Å²) in [6.45, 7) is 0. The zero-order chi connectivity index (χ0) is 15.9. The van der Waals surface area contributed by atoms with E-state index in [4.69, 9.17) is 0 Å². The molecule has 0 aromatic heterocycles. The summed E-state index contributed by atoms with van der Waals surface area (Å²) >= 11 is 1.12. The van der Waals surface area contributed by atoms with E-state index in [-0.39, 0.29) is 24.1 Å². The molecule has 118 valence electrons. The molecule has 2 amide bonds. The van der Waals surface area contributed by atoms with Crippen LogP contribution in [0.1, 0.15) is 24.8 Å². The smallest absolute Gasteiger partial charge is 0.353 e. The second-order valence-corrected chi connectivity index (χ2v) is 6.59. The van der Waals surface area contributed by atoms with Crippen molar-refractivity contribution in [2.75, 3.05) is 5.32 Å². The maximum Gasteiger partial charge on any atom is 0.416 e. The van der Waals surface area contributed by atoms with Crippen LogP contribution in [-0.2, 0) is 15.8 Å². The van der Waals surface area contributed by atoms with Crippen LogP contribution in [0.5, 0.6) is 0 Å². The number of amides is 2. The van der Waals surface area contributed by atoms with Gasteiger partial charge < -0.3 is 10.6 Å². The molecule has 1 aromatic carbocycles. The van der Waals surface area contributed by atoms with Crippen molar-refractivity contribution in [3.05, 3.63) is 23.8 Å². The molecule has 0 spiro atoms. The number of fused-ring (bicyclic) bond motifs is 1. The summed E-state index contributed by atoms with van der Waals surface area (Å²) < 4.78 is 38.0. The molecule has 1 saturated carbocycles. The van der Waals surface area contributed by atoms with E-state index in [1.165, 1.54) is 6.07 Å². The average molecular weight is 330 g/mol. The molecule has 0 bridgehead atoms. The zero-order valence-electron chi connectivity index (χ0n) is 11.4. The first kappa shape index (κ1) is 15.2. The van der Waals surface area contributed by atoms with E-state index < -0.39 is 22.9 Å². The number of hydrogen-bond donors (Lipinski definition) is 2. The van der Waals surface area contributed by atoms with E-state index in [9.17, 15) is 22.8 Å². The highest BCUT2D eigenvalue weighted by molar-refractivity contribution is 8.01. The molecule has 1 atom stereocenters. The number of thioether (sulfide) groups is 1. The first-order chi connectivity index (χ1) is 10.3. The van der Waals surface area contributed by atoms with Crippen LogP contribution < -0.4 is 10.6 Å². The van der Waals surface area contributed by atoms with Crippen molar-refractivity contribution in [3.8, 4) is 0 Å². The molecule has 0 radical (unpaired) electrons. The van der Waals surface area contributed by atoms with Crippen molar-refractivity contribution in [2.24, 2.45) is 0 Å². The van der Waals surface area contributed by atoms with Gasteiger partial charge in [-0.05, 0) is 31.0 Å². The van der Waals surface area contributed by atoms with E-state index in [1.54, 1.807) is 0 Å². The number of carbonyl (C=O) groups excluding carboxylic acids is 2. The highest BCUT2D eigenvalue weighted by atomic mass is 32.2. The van der Waals surface area contributed by atoms with Crippen LogP contribution in [0.3, 0.4) is 0 Å². The minimum atomic E-state index is -4.45. The molecule has 0 saturated heterocycles. The molecular weight excluding hydrogens is 317 g/mol. The summed E-state index contributed by atoms with van der Waals surface area (Å²) in [6, 6.07) is 3.44. The number of anilines is 1. The number of alkyl halides is 3. The molecule has 3 rings (SSSR count). The lowest BCUT2D eigenvalue weighted by Gasteiger charge is -2.24. The highest BCUT2D eigenvalue weighted by Crippen LogP contribution is 2.40. The molecule has 1 aromatic rings. The van der Waals surface area contributed by atoms with E-state index in [1.807, 2.05) is 0 Å². The second-order valence-electron chi connectivity index (χ2n) is 5.35. The number of halogens is 3. The Kier molecular flexibility index (Phi) is 3.80. The van der Waals surface area contributed by atoms with Gasteiger partial charge in [0.15, 0.2) is 0 Å². The van der Waals surface area contributed by atoms with Crippen LogP contribution in [0.4, 0.5) is 18.9 Å². The van der Waals surface area contributed by atoms with E-state index >= 15 is 0 Å². The van der Waals surface area contributed by atoms with Crippen LogP contribution in [0, 0.1) is 0 Å². The fourth-order valence-corrected chi connectivity index (χ4v) is 3.23. The molecule has 1 aliphatic carbocycles. The van der Waals surface area contributed by atoms with Gasteiger partial charge in [-0.15, -0.1) is 11.8 Å². The van der Waals surface area contributed by atoms with Crippen molar-refractivity contribution < 1.29 is 22.8 Å². The molecule has 2 N–H and O–H groups in total. The van der Waals surface area contributed by atoms with Gasteiger partial charge in [0.25, 0.3) is 0 Å². The lowest BCUT2D eigenvalue weighted by atomic mass is 10.1. The van der Waals surface area contributed by atoms with E-state index in [0.717, 1.165) is 36.7 Å². The Hall–Kier alpha value is -1.70. The minimum Gasteiger partial charge on any atom is -0.353 e. The second kappa shape index (κ2) is 5.49. The highest BCUT2D eigenvalue weighted by Gasteiger charge is 2.34. The van der Waals surface area contributed by atoms with Crippen LogP contribution in [0.2, 0.25) is 0 Å². The normalized spacial score (nSPS) is 21.0. The molecule has 1 aliphatic heterocycles. The Balaban J connectivity index is 1.72. The average Bonchev–Trinajstić information content (AvgIpc) is 3.21. The SMILES string of the molecule is O=C(CC1Sc2ccc(C(F)(F)F)cc2NC1=O)NC1CC1. The summed E-state index contributed by atoms with van der Waals surface area (Å²) in [6.07, 6.45) is -2.52. The molecule has 22 heavy (non-hydrogen) atoms. The first-order valence-electron chi connectivity index (χ1n) is 6.81. The molecule has 1 heterocycles. The predicted octanol–water partition coefficient (Wildman–Crippen LogP) is 2.79. The summed E-state index contributed by atoms with van der Waals surface area (Å²) in [5, 5.41) is 4.63. The van der Waals surface area contributed by atoms with Gasteiger partial charge in [-0.1, -0.05) is 0 Å². The number of carbonyl (C=O) groups is 2. The molecule has 2 aliphatic rings. The fourth-order valence-electron chi connectivity index (χ4n) is 2.14. The Morgan fingerprint density at radius 2 is 2.09 bits per heavy atom. The van der Waals surface area contributed by atoms with E-state index in [2.05, 4.69) is 10.6 Å². The number of hydrogen-bond acceptors (Lipinski definition) is 3. The Bertz CT molecular complexity index is 629. The summed E-state index contributed by atoms with van der Waals surface area (Å²) in [5.74, 6) is -0.645. The van der Waals surface area contributed by atoms with Gasteiger partial charge in [0.1, 0.15) is 0 Å². The summed E-state index contributed by atoms with van der Waals surface area (Å²) in [7, 11) is 0. The maximum absolute atomic E-state index is 12.7. The number of nitrogens with one attached hydrogen (secondary N) is 2. The Labute approximate surface area is 128 Å². The van der Waals surface area contributed by atoms with Crippen molar-refractivity contribution >= 4 is 29.3 Å². The first-order valence-corrected chi connectivity index (χ1v) is 7.69. The monoisotopic (exact) mass is 330 g/mol. The van der Waals surface area contributed by atoms with Crippen molar-refractivity contribution in [2.45, 2.75) is 41.6 Å². The third kappa shape index (κ3) is 3.37. The van der Waals surface area contributed by atoms with Crippen LogP contribution in [0.15, 0.2) is 23.1 Å². The third-order valence-corrected chi connectivity index (χ3v) is 4.71. The predicted molar refractivity (Wildman–Crippen MR) is 75.5 cm³/mol. The van der Waals surface area contributed by atoms with Crippen LogP contribution in [-0.4, -0.2) is 23.1 Å². The fraction of sp³-hybridized carbons (Fsp3) is 0.429. The van der Waals surface area contributed by atoms with Crippen LogP contribution in [0.25, 0.3) is 0 Å².